The molecule has 0 saturated carbocycles. The van der Waals surface area contributed by atoms with Gasteiger partial charge in [0.05, 0.1) is 31.6 Å². The fourth-order valence-electron chi connectivity index (χ4n) is 3.62. The minimum absolute atomic E-state index is 0.396. The van der Waals surface area contributed by atoms with E-state index in [9.17, 15) is 9.59 Å². The number of hydrogen-bond donors (Lipinski definition) is 1. The Bertz CT molecular complexity index is 1620. The van der Waals surface area contributed by atoms with Gasteiger partial charge in [0.1, 0.15) is 16.2 Å². The highest BCUT2D eigenvalue weighted by molar-refractivity contribution is 7.22. The fraction of sp³-hybridized carbons (Fsp3) is 0.0870. The predicted molar refractivity (Wildman–Crippen MR) is 127 cm³/mol. The number of fused-ring (bicyclic) bond motifs is 2. The second-order valence-electron chi connectivity index (χ2n) is 7.02. The van der Waals surface area contributed by atoms with E-state index in [1.165, 1.54) is 17.5 Å². The van der Waals surface area contributed by atoms with Gasteiger partial charge >= 0.3 is 5.69 Å². The Balaban J connectivity index is 1.75. The summed E-state index contributed by atoms with van der Waals surface area (Å²) in [5.74, 6) is 1.30. The first-order valence-electron chi connectivity index (χ1n) is 9.55. The van der Waals surface area contributed by atoms with Crippen molar-refractivity contribution < 1.29 is 9.47 Å². The molecular weight excluding hydrogens is 450 g/mol. The maximum Gasteiger partial charge on any atom is 0.333 e. The zero-order valence-corrected chi connectivity index (χ0v) is 18.6. The highest BCUT2D eigenvalue weighted by atomic mass is 35.5. The summed E-state index contributed by atoms with van der Waals surface area (Å²) in [6.45, 7) is 0. The summed E-state index contributed by atoms with van der Waals surface area (Å²) in [7, 11) is 3.15. The van der Waals surface area contributed by atoms with Gasteiger partial charge in [0.15, 0.2) is 0 Å². The van der Waals surface area contributed by atoms with Crippen molar-refractivity contribution in [2.75, 3.05) is 14.2 Å². The summed E-state index contributed by atoms with van der Waals surface area (Å²) < 4.78 is 12.1. The van der Waals surface area contributed by atoms with E-state index >= 15 is 0 Å². The molecule has 0 fully saturated rings. The number of aromatic nitrogens is 3. The second-order valence-corrected chi connectivity index (χ2v) is 8.48. The van der Waals surface area contributed by atoms with Gasteiger partial charge in [-0.1, -0.05) is 11.6 Å². The van der Waals surface area contributed by atoms with Crippen molar-refractivity contribution in [3.05, 3.63) is 80.7 Å². The molecule has 7 nitrogen and oxygen atoms in total. The fourth-order valence-corrected chi connectivity index (χ4v) is 4.97. The Morgan fingerprint density at radius 2 is 1.75 bits per heavy atom. The van der Waals surface area contributed by atoms with Crippen molar-refractivity contribution in [3.8, 4) is 27.6 Å². The van der Waals surface area contributed by atoms with Gasteiger partial charge in [-0.2, -0.15) is 0 Å². The molecule has 0 bridgehead atoms. The van der Waals surface area contributed by atoms with E-state index in [-0.39, 0.29) is 0 Å². The number of H-pyrrole nitrogens is 1. The van der Waals surface area contributed by atoms with E-state index in [1.54, 1.807) is 62.9 Å². The van der Waals surface area contributed by atoms with Crippen LogP contribution in [0.15, 0.2) is 64.4 Å². The van der Waals surface area contributed by atoms with Crippen molar-refractivity contribution in [3.63, 3.8) is 0 Å². The molecule has 3 aromatic heterocycles. The number of halogens is 1. The third-order valence-electron chi connectivity index (χ3n) is 5.20. The molecule has 0 aliphatic rings. The molecule has 5 rings (SSSR count). The van der Waals surface area contributed by atoms with Crippen LogP contribution < -0.4 is 20.7 Å². The Morgan fingerprint density at radius 1 is 1.00 bits per heavy atom. The molecule has 32 heavy (non-hydrogen) atoms. The van der Waals surface area contributed by atoms with Crippen LogP contribution in [0.5, 0.6) is 11.5 Å². The van der Waals surface area contributed by atoms with Crippen LogP contribution in [-0.2, 0) is 0 Å². The van der Waals surface area contributed by atoms with Crippen molar-refractivity contribution in [2.24, 2.45) is 0 Å². The first-order valence-corrected chi connectivity index (χ1v) is 10.7. The smallest absolute Gasteiger partial charge is 0.333 e. The number of aromatic amines is 1. The number of nitrogens with zero attached hydrogens (tertiary/aromatic N) is 2. The Hall–Kier alpha value is -3.62. The molecule has 0 atom stereocenters. The number of methoxy groups -OCH3 is 2. The minimum atomic E-state index is -0.547. The normalized spacial score (nSPS) is 11.2. The lowest BCUT2D eigenvalue weighted by Gasteiger charge is -2.09. The lowest BCUT2D eigenvalue weighted by atomic mass is 10.1. The van der Waals surface area contributed by atoms with Crippen LogP contribution in [0.4, 0.5) is 0 Å². The molecule has 0 aliphatic heterocycles. The molecular formula is C23H16ClN3O4S. The average Bonchev–Trinajstić information content (AvgIpc) is 3.23. The van der Waals surface area contributed by atoms with Crippen LogP contribution in [0.25, 0.3) is 37.1 Å². The molecule has 1 N–H and O–H groups in total. The summed E-state index contributed by atoms with van der Waals surface area (Å²) in [4.78, 5) is 34.1. The quantitative estimate of drug-likeness (QED) is 0.418. The molecule has 9 heteroatoms. The molecule has 5 aromatic rings. The molecule has 0 amide bonds. The number of ether oxygens (including phenoxy) is 2. The zero-order chi connectivity index (χ0) is 22.4. The molecule has 0 aliphatic carbocycles. The number of hydrogen-bond acceptors (Lipinski definition) is 6. The highest BCUT2D eigenvalue weighted by Gasteiger charge is 2.17. The van der Waals surface area contributed by atoms with Crippen LogP contribution >= 0.6 is 22.9 Å². The van der Waals surface area contributed by atoms with Crippen molar-refractivity contribution >= 4 is 43.9 Å². The van der Waals surface area contributed by atoms with Gasteiger partial charge in [0.25, 0.3) is 5.56 Å². The molecule has 0 unspecified atom stereocenters. The van der Waals surface area contributed by atoms with E-state index in [0.29, 0.717) is 37.8 Å². The van der Waals surface area contributed by atoms with E-state index < -0.39 is 11.2 Å². The number of thiophene rings is 1. The minimum Gasteiger partial charge on any atom is -0.497 e. The van der Waals surface area contributed by atoms with Gasteiger partial charge in [0.2, 0.25) is 0 Å². The summed E-state index contributed by atoms with van der Waals surface area (Å²) >= 11 is 7.64. The summed E-state index contributed by atoms with van der Waals surface area (Å²) in [6, 6.07) is 12.4. The number of pyridine rings is 1. The maximum atomic E-state index is 13.4. The first-order chi connectivity index (χ1) is 15.5. The van der Waals surface area contributed by atoms with Crippen molar-refractivity contribution in [1.82, 2.24) is 14.5 Å². The molecule has 2 aromatic carbocycles. The number of nitrogens with one attached hydrogen (secondary N) is 1. The largest absolute Gasteiger partial charge is 0.497 e. The topological polar surface area (TPSA) is 86.2 Å². The molecule has 3 heterocycles. The molecule has 0 spiro atoms. The van der Waals surface area contributed by atoms with E-state index in [2.05, 4.69) is 9.97 Å². The number of rotatable bonds is 4. The van der Waals surface area contributed by atoms with Crippen LogP contribution in [-0.4, -0.2) is 28.8 Å². The molecule has 160 valence electrons. The van der Waals surface area contributed by atoms with Crippen LogP contribution in [0, 0.1) is 0 Å². The van der Waals surface area contributed by atoms with E-state index in [0.717, 1.165) is 20.4 Å². The van der Waals surface area contributed by atoms with Gasteiger partial charge in [-0.15, -0.1) is 11.3 Å². The first kappa shape index (κ1) is 20.3. The average molecular weight is 466 g/mol. The van der Waals surface area contributed by atoms with Crippen LogP contribution in [0.3, 0.4) is 0 Å². The standard InChI is InChI=1S/C23H16ClN3O4S/c1-30-13-3-5-15-12(7-13)10-25-11-19(15)27-22(28)21-18(26-23(27)29)9-20(32-21)16-8-14(31-2)4-6-17(16)24/h3-11H,1-2H3,(H,26,29). The Labute approximate surface area is 190 Å². The third kappa shape index (κ3) is 3.24. The lowest BCUT2D eigenvalue weighted by molar-refractivity contribution is 0.415. The SMILES string of the molecule is COc1ccc(Cl)c(-c2cc3[nH]c(=O)n(-c4cncc5cc(OC)ccc45)c(=O)c3s2)c1. The van der Waals surface area contributed by atoms with Gasteiger partial charge < -0.3 is 14.5 Å². The van der Waals surface area contributed by atoms with Gasteiger partial charge in [-0.25, -0.2) is 9.36 Å². The van der Waals surface area contributed by atoms with Gasteiger partial charge in [0, 0.05) is 32.4 Å². The van der Waals surface area contributed by atoms with Gasteiger partial charge in [-0.3, -0.25) is 9.78 Å². The Morgan fingerprint density at radius 3 is 2.53 bits per heavy atom. The molecule has 0 saturated heterocycles. The highest BCUT2D eigenvalue weighted by Crippen LogP contribution is 2.37. The summed E-state index contributed by atoms with van der Waals surface area (Å²) in [5.41, 5.74) is 0.591. The predicted octanol–water partition coefficient (Wildman–Crippen LogP) is 4.63. The third-order valence-corrected chi connectivity index (χ3v) is 6.69. The van der Waals surface area contributed by atoms with E-state index in [4.69, 9.17) is 21.1 Å². The number of benzene rings is 2. The summed E-state index contributed by atoms with van der Waals surface area (Å²) in [5, 5.41) is 1.98. The lowest BCUT2D eigenvalue weighted by Crippen LogP contribution is -2.33. The van der Waals surface area contributed by atoms with Crippen LogP contribution in [0.1, 0.15) is 0 Å². The molecule has 0 radical (unpaired) electrons. The summed E-state index contributed by atoms with van der Waals surface area (Å²) in [6.07, 6.45) is 3.16. The Kier molecular flexibility index (Phi) is 4.96. The monoisotopic (exact) mass is 465 g/mol. The second kappa shape index (κ2) is 7.81. The van der Waals surface area contributed by atoms with Crippen LogP contribution in [0.2, 0.25) is 5.02 Å². The zero-order valence-electron chi connectivity index (χ0n) is 17.0. The van der Waals surface area contributed by atoms with E-state index in [1.807, 2.05) is 0 Å². The van der Waals surface area contributed by atoms with Gasteiger partial charge in [-0.05, 0) is 42.5 Å². The maximum absolute atomic E-state index is 13.4. The van der Waals surface area contributed by atoms with Crippen molar-refractivity contribution in [2.45, 2.75) is 0 Å². The van der Waals surface area contributed by atoms with Crippen molar-refractivity contribution in [1.29, 1.82) is 0 Å².